The third-order valence-corrected chi connectivity index (χ3v) is 2.95. The minimum atomic E-state index is -3.03. The molecule has 1 atom stereocenters. The summed E-state index contributed by atoms with van der Waals surface area (Å²) in [5.74, 6) is 0. The molecule has 0 aromatic carbocycles. The molecule has 84 valence electrons. The first-order chi connectivity index (χ1) is 6.58. The number of hydrogen-bond acceptors (Lipinski definition) is 4. The van der Waals surface area contributed by atoms with Gasteiger partial charge in [-0.05, 0) is 19.4 Å². The Bertz CT molecular complexity index is 247. The lowest BCUT2D eigenvalue weighted by atomic mass is 10.1. The van der Waals surface area contributed by atoms with Crippen molar-refractivity contribution in [3.8, 4) is 0 Å². The van der Waals surface area contributed by atoms with Crippen LogP contribution in [0.1, 0.15) is 12.8 Å². The van der Waals surface area contributed by atoms with Crippen molar-refractivity contribution in [1.29, 1.82) is 0 Å². The maximum atomic E-state index is 10.7. The van der Waals surface area contributed by atoms with Crippen LogP contribution in [0, 0.1) is 0 Å². The van der Waals surface area contributed by atoms with E-state index in [1.807, 2.05) is 0 Å². The molecule has 0 aliphatic carbocycles. The Kier molecular flexibility index (Phi) is 4.80. The van der Waals surface area contributed by atoms with Crippen LogP contribution in [0.15, 0.2) is 0 Å². The zero-order valence-corrected chi connectivity index (χ0v) is 9.36. The van der Waals surface area contributed by atoms with E-state index in [1.54, 1.807) is 0 Å². The van der Waals surface area contributed by atoms with E-state index in [4.69, 9.17) is 0 Å². The standard InChI is InChI=1S/C8H19N3O2S/c1-14(12,13)11-6-5-10-8-3-2-4-9-7-8/h8-11H,2-7H2,1H3. The highest BCUT2D eigenvalue weighted by atomic mass is 32.2. The van der Waals surface area contributed by atoms with E-state index in [0.717, 1.165) is 13.1 Å². The van der Waals surface area contributed by atoms with Crippen LogP contribution < -0.4 is 15.4 Å². The summed E-state index contributed by atoms with van der Waals surface area (Å²) in [5.41, 5.74) is 0. The first-order valence-corrected chi connectivity index (χ1v) is 6.86. The van der Waals surface area contributed by atoms with E-state index >= 15 is 0 Å². The van der Waals surface area contributed by atoms with Gasteiger partial charge in [-0.3, -0.25) is 0 Å². The normalized spacial score (nSPS) is 23.6. The fourth-order valence-corrected chi connectivity index (χ4v) is 2.01. The van der Waals surface area contributed by atoms with E-state index in [1.165, 1.54) is 19.1 Å². The molecular formula is C8H19N3O2S. The van der Waals surface area contributed by atoms with Crippen molar-refractivity contribution < 1.29 is 8.42 Å². The molecule has 1 aliphatic heterocycles. The van der Waals surface area contributed by atoms with Crippen LogP contribution >= 0.6 is 0 Å². The summed E-state index contributed by atoms with van der Waals surface area (Å²) in [6.07, 6.45) is 3.54. The van der Waals surface area contributed by atoms with Gasteiger partial charge in [0.1, 0.15) is 0 Å². The minimum Gasteiger partial charge on any atom is -0.315 e. The van der Waals surface area contributed by atoms with E-state index in [0.29, 0.717) is 19.1 Å². The maximum Gasteiger partial charge on any atom is 0.208 e. The van der Waals surface area contributed by atoms with Crippen molar-refractivity contribution in [3.05, 3.63) is 0 Å². The first kappa shape index (κ1) is 11.9. The Balaban J connectivity index is 2.03. The smallest absolute Gasteiger partial charge is 0.208 e. The Morgan fingerprint density at radius 3 is 2.79 bits per heavy atom. The van der Waals surface area contributed by atoms with Crippen LogP contribution in [0.4, 0.5) is 0 Å². The molecule has 6 heteroatoms. The summed E-state index contributed by atoms with van der Waals surface area (Å²) in [6.45, 7) is 3.24. The van der Waals surface area contributed by atoms with Gasteiger partial charge in [0.15, 0.2) is 0 Å². The molecule has 5 nitrogen and oxygen atoms in total. The van der Waals surface area contributed by atoms with Crippen LogP contribution in [0.2, 0.25) is 0 Å². The first-order valence-electron chi connectivity index (χ1n) is 4.97. The average Bonchev–Trinajstić information content (AvgIpc) is 2.13. The molecule has 1 rings (SSSR count). The van der Waals surface area contributed by atoms with Crippen molar-refractivity contribution in [2.75, 3.05) is 32.4 Å². The van der Waals surface area contributed by atoms with Gasteiger partial charge >= 0.3 is 0 Å². The van der Waals surface area contributed by atoms with Gasteiger partial charge in [-0.15, -0.1) is 0 Å². The van der Waals surface area contributed by atoms with Crippen molar-refractivity contribution in [2.24, 2.45) is 0 Å². The van der Waals surface area contributed by atoms with E-state index < -0.39 is 10.0 Å². The second kappa shape index (κ2) is 5.65. The van der Waals surface area contributed by atoms with Gasteiger partial charge in [-0.1, -0.05) is 0 Å². The summed E-state index contributed by atoms with van der Waals surface area (Å²) in [4.78, 5) is 0. The Morgan fingerprint density at radius 1 is 1.43 bits per heavy atom. The van der Waals surface area contributed by atoms with Gasteiger partial charge in [0.05, 0.1) is 6.26 Å². The van der Waals surface area contributed by atoms with E-state index in [2.05, 4.69) is 15.4 Å². The van der Waals surface area contributed by atoms with E-state index in [-0.39, 0.29) is 0 Å². The fourth-order valence-electron chi connectivity index (χ4n) is 1.54. The molecule has 1 saturated heterocycles. The Labute approximate surface area is 85.7 Å². The molecule has 0 bridgehead atoms. The van der Waals surface area contributed by atoms with Crippen molar-refractivity contribution in [2.45, 2.75) is 18.9 Å². The van der Waals surface area contributed by atoms with Crippen molar-refractivity contribution in [3.63, 3.8) is 0 Å². The molecule has 1 heterocycles. The lowest BCUT2D eigenvalue weighted by Gasteiger charge is -2.23. The average molecular weight is 221 g/mol. The zero-order valence-electron chi connectivity index (χ0n) is 8.54. The highest BCUT2D eigenvalue weighted by Crippen LogP contribution is 1.99. The number of nitrogens with one attached hydrogen (secondary N) is 3. The number of hydrogen-bond donors (Lipinski definition) is 3. The second-order valence-corrected chi connectivity index (χ2v) is 5.50. The fraction of sp³-hybridized carbons (Fsp3) is 1.00. The molecule has 3 N–H and O–H groups in total. The summed E-state index contributed by atoms with van der Waals surface area (Å²) >= 11 is 0. The third kappa shape index (κ3) is 5.54. The SMILES string of the molecule is CS(=O)(=O)NCCNC1CCCNC1. The zero-order chi connectivity index (χ0) is 10.4. The van der Waals surface area contributed by atoms with Gasteiger partial charge < -0.3 is 10.6 Å². The monoisotopic (exact) mass is 221 g/mol. The van der Waals surface area contributed by atoms with Crippen LogP contribution in [-0.4, -0.2) is 46.9 Å². The number of sulfonamides is 1. The second-order valence-electron chi connectivity index (χ2n) is 3.66. The molecular weight excluding hydrogens is 202 g/mol. The minimum absolute atomic E-state index is 0.468. The van der Waals surface area contributed by atoms with Gasteiger partial charge in [0.2, 0.25) is 10.0 Å². The molecule has 0 aromatic rings. The maximum absolute atomic E-state index is 10.7. The van der Waals surface area contributed by atoms with Crippen LogP contribution in [0.5, 0.6) is 0 Å². The molecule has 0 spiro atoms. The number of piperidine rings is 1. The molecule has 0 radical (unpaired) electrons. The molecule has 14 heavy (non-hydrogen) atoms. The van der Waals surface area contributed by atoms with Crippen LogP contribution in [0.25, 0.3) is 0 Å². The quantitative estimate of drug-likeness (QED) is 0.514. The van der Waals surface area contributed by atoms with Gasteiger partial charge in [0.25, 0.3) is 0 Å². The van der Waals surface area contributed by atoms with Gasteiger partial charge in [-0.25, -0.2) is 13.1 Å². The lowest BCUT2D eigenvalue weighted by Crippen LogP contribution is -2.45. The van der Waals surface area contributed by atoms with E-state index in [9.17, 15) is 8.42 Å². The summed E-state index contributed by atoms with van der Waals surface area (Å²) in [6, 6.07) is 0.491. The Morgan fingerprint density at radius 2 is 2.21 bits per heavy atom. The topological polar surface area (TPSA) is 70.2 Å². The molecule has 0 amide bonds. The Hall–Kier alpha value is -0.170. The van der Waals surface area contributed by atoms with Gasteiger partial charge in [0, 0.05) is 25.7 Å². The molecule has 0 aromatic heterocycles. The summed E-state index contributed by atoms with van der Waals surface area (Å²) in [7, 11) is -3.03. The largest absolute Gasteiger partial charge is 0.315 e. The highest BCUT2D eigenvalue weighted by molar-refractivity contribution is 7.88. The summed E-state index contributed by atoms with van der Waals surface area (Å²) < 4.78 is 23.9. The van der Waals surface area contributed by atoms with Crippen LogP contribution in [0.3, 0.4) is 0 Å². The van der Waals surface area contributed by atoms with Crippen molar-refractivity contribution >= 4 is 10.0 Å². The molecule has 1 unspecified atom stereocenters. The van der Waals surface area contributed by atoms with Crippen molar-refractivity contribution in [1.82, 2.24) is 15.4 Å². The molecule has 1 fully saturated rings. The van der Waals surface area contributed by atoms with Crippen LogP contribution in [-0.2, 0) is 10.0 Å². The predicted octanol–water partition coefficient (Wildman–Crippen LogP) is -1.12. The third-order valence-electron chi connectivity index (χ3n) is 2.22. The predicted molar refractivity (Wildman–Crippen MR) is 56.7 cm³/mol. The highest BCUT2D eigenvalue weighted by Gasteiger charge is 2.11. The molecule has 0 saturated carbocycles. The lowest BCUT2D eigenvalue weighted by molar-refractivity contribution is 0.392. The summed E-state index contributed by atoms with van der Waals surface area (Å²) in [5, 5.41) is 6.60. The van der Waals surface area contributed by atoms with Gasteiger partial charge in [-0.2, -0.15) is 0 Å². The molecule has 1 aliphatic rings. The number of rotatable bonds is 5.